The maximum absolute atomic E-state index is 11.7. The number of hydrogen-bond acceptors (Lipinski definition) is 7. The third-order valence-electron chi connectivity index (χ3n) is 2.85. The van der Waals surface area contributed by atoms with Gasteiger partial charge >= 0.3 is 15.2 Å². The van der Waals surface area contributed by atoms with Crippen molar-refractivity contribution in [3.63, 3.8) is 0 Å². The zero-order valence-electron chi connectivity index (χ0n) is 15.4. The molecule has 0 unspecified atom stereocenters. The van der Waals surface area contributed by atoms with Crippen molar-refractivity contribution in [2.75, 3.05) is 58.4 Å². The smallest absolute Gasteiger partial charge is 0.327 e. The van der Waals surface area contributed by atoms with Gasteiger partial charge in [-0.3, -0.25) is 18.8 Å². The van der Waals surface area contributed by atoms with Crippen LogP contribution in [0.1, 0.15) is 0 Å². The number of hydrogen-bond donors (Lipinski definition) is 6. The lowest BCUT2D eigenvalue weighted by Gasteiger charge is -2.11. The van der Waals surface area contributed by atoms with Gasteiger partial charge in [-0.15, -0.1) is 0 Å². The number of carbonyl (C=O) groups excluding carboxylic acids is 1. The Bertz CT molecular complexity index is 601. The van der Waals surface area contributed by atoms with E-state index < -0.39 is 27.3 Å². The van der Waals surface area contributed by atoms with E-state index in [1.807, 2.05) is 0 Å². The molecule has 0 aromatic carbocycles. The Kier molecular flexibility index (Phi) is 13.7. The first kappa shape index (κ1) is 27.1. The fourth-order valence-corrected chi connectivity index (χ4v) is 2.20. The van der Waals surface area contributed by atoms with Gasteiger partial charge in [-0.05, 0) is 5.57 Å². The average Bonchev–Trinajstić information content (AvgIpc) is 2.56. The summed E-state index contributed by atoms with van der Waals surface area (Å²) in [6.45, 7) is 7.51. The highest BCUT2D eigenvalue weighted by atomic mass is 31.2. The predicted octanol–water partition coefficient (Wildman–Crippen LogP) is -0.875. The van der Waals surface area contributed by atoms with Crippen LogP contribution in [0.5, 0.6) is 0 Å². The van der Waals surface area contributed by atoms with Crippen LogP contribution in [0.15, 0.2) is 24.3 Å². The molecule has 0 bridgehead atoms. The van der Waals surface area contributed by atoms with E-state index in [0.29, 0.717) is 5.57 Å². The topological polar surface area (TPSA) is 184 Å². The molecule has 0 aliphatic carbocycles. The highest BCUT2D eigenvalue weighted by Crippen LogP contribution is 2.33. The molecule has 0 saturated carbocycles. The van der Waals surface area contributed by atoms with Gasteiger partial charge in [0.15, 0.2) is 0 Å². The molecule has 0 fully saturated rings. The van der Waals surface area contributed by atoms with Crippen molar-refractivity contribution in [3.05, 3.63) is 24.3 Å². The van der Waals surface area contributed by atoms with Gasteiger partial charge in [0.25, 0.3) is 0 Å². The number of rotatable bonds is 17. The van der Waals surface area contributed by atoms with Gasteiger partial charge in [0, 0.05) is 18.7 Å². The summed E-state index contributed by atoms with van der Waals surface area (Å²) in [5.41, 5.74) is 3.27. The lowest BCUT2D eigenvalue weighted by Crippen LogP contribution is -2.33. The van der Waals surface area contributed by atoms with Crippen LogP contribution >= 0.6 is 15.2 Å². The second-order valence-corrected chi connectivity index (χ2v) is 9.23. The summed E-state index contributed by atoms with van der Waals surface area (Å²) in [5, 5.41) is 2.55. The number of nitrogens with one attached hydrogen (secondary N) is 2. The minimum absolute atomic E-state index is 0.0876. The van der Waals surface area contributed by atoms with Crippen molar-refractivity contribution in [3.8, 4) is 0 Å². The zero-order valence-corrected chi connectivity index (χ0v) is 17.2. The Morgan fingerprint density at radius 1 is 0.857 bits per heavy atom. The number of carbonyl (C=O) groups is 1. The molecule has 0 aromatic heterocycles. The highest BCUT2D eigenvalue weighted by molar-refractivity contribution is 7.52. The molecule has 0 aliphatic heterocycles. The average molecular weight is 446 g/mol. The summed E-state index contributed by atoms with van der Waals surface area (Å²) in [6.07, 6.45) is -0.789. The van der Waals surface area contributed by atoms with Gasteiger partial charge < -0.3 is 34.4 Å². The van der Waals surface area contributed by atoms with Crippen molar-refractivity contribution in [2.45, 2.75) is 0 Å². The van der Waals surface area contributed by atoms with E-state index >= 15 is 0 Å². The van der Waals surface area contributed by atoms with Crippen LogP contribution in [0.25, 0.3) is 0 Å². The van der Waals surface area contributed by atoms with Crippen molar-refractivity contribution >= 4 is 21.1 Å². The van der Waals surface area contributed by atoms with Gasteiger partial charge in [-0.25, -0.2) is 5.48 Å². The second kappa shape index (κ2) is 14.1. The normalized spacial score (nSPS) is 12.0. The summed E-state index contributed by atoms with van der Waals surface area (Å²) in [6, 6.07) is 0. The molecule has 1 amide bonds. The van der Waals surface area contributed by atoms with Gasteiger partial charge in [-0.1, -0.05) is 13.2 Å². The van der Waals surface area contributed by atoms with Crippen LogP contribution in [0, 0.1) is 0 Å². The van der Waals surface area contributed by atoms with Gasteiger partial charge in [-0.2, -0.15) is 0 Å². The van der Waals surface area contributed by atoms with Crippen molar-refractivity contribution in [1.82, 2.24) is 10.8 Å². The Morgan fingerprint density at radius 2 is 1.39 bits per heavy atom. The maximum atomic E-state index is 11.7. The largest absolute Gasteiger partial charge is 0.376 e. The summed E-state index contributed by atoms with van der Waals surface area (Å²) < 4.78 is 31.3. The fourth-order valence-electron chi connectivity index (χ4n) is 1.46. The first-order valence-electron chi connectivity index (χ1n) is 8.12. The van der Waals surface area contributed by atoms with Crippen LogP contribution in [-0.2, 0) is 28.2 Å². The summed E-state index contributed by atoms with van der Waals surface area (Å²) in [5.74, 6) is -0.458. The molecule has 6 N–H and O–H groups in total. The molecule has 0 aliphatic rings. The molecule has 0 saturated heterocycles. The molecule has 14 heteroatoms. The SMILES string of the molecule is C=C(COCCP(=O)(O)O)CONCCNC(=O)C(=C)COCCP(=O)(O)O. The lowest BCUT2D eigenvalue weighted by molar-refractivity contribution is -0.118. The third-order valence-corrected chi connectivity index (χ3v) is 4.38. The standard InChI is InChI=1S/C14H28N2O10P2/c1-12(9-24-5-7-27(18,19)20)10-26-16-4-3-15-14(17)13(2)11-25-6-8-28(21,22)23/h16H,1-11H2,(H,15,17)(H2,18,19,20)(H2,21,22,23). The zero-order chi connectivity index (χ0) is 21.6. The fraction of sp³-hybridized carbons (Fsp3) is 0.643. The molecular weight excluding hydrogens is 418 g/mol. The minimum atomic E-state index is -4.12. The van der Waals surface area contributed by atoms with Gasteiger partial charge in [0.2, 0.25) is 5.91 Å². The quantitative estimate of drug-likeness (QED) is 0.0536. The van der Waals surface area contributed by atoms with Crippen LogP contribution in [0.2, 0.25) is 0 Å². The van der Waals surface area contributed by atoms with E-state index in [4.69, 9.17) is 33.9 Å². The van der Waals surface area contributed by atoms with Crippen molar-refractivity contribution in [2.24, 2.45) is 0 Å². The van der Waals surface area contributed by atoms with Crippen molar-refractivity contribution in [1.29, 1.82) is 0 Å². The van der Waals surface area contributed by atoms with E-state index in [-0.39, 0.29) is 57.9 Å². The maximum Gasteiger partial charge on any atom is 0.327 e. The van der Waals surface area contributed by atoms with E-state index in [0.717, 1.165) is 0 Å². The molecule has 0 radical (unpaired) electrons. The van der Waals surface area contributed by atoms with E-state index in [2.05, 4.69) is 24.0 Å². The molecule has 164 valence electrons. The first-order chi connectivity index (χ1) is 12.9. The Labute approximate surface area is 163 Å². The third kappa shape index (κ3) is 18.5. The van der Waals surface area contributed by atoms with Crippen LogP contribution in [0.4, 0.5) is 0 Å². The van der Waals surface area contributed by atoms with Crippen LogP contribution < -0.4 is 10.8 Å². The Balaban J connectivity index is 3.62. The first-order valence-corrected chi connectivity index (χ1v) is 11.7. The molecule has 0 aromatic rings. The van der Waals surface area contributed by atoms with Crippen molar-refractivity contribution < 1.29 is 47.8 Å². The molecule has 0 atom stereocenters. The molecule has 0 rings (SSSR count). The van der Waals surface area contributed by atoms with E-state index in [1.165, 1.54) is 0 Å². The lowest BCUT2D eigenvalue weighted by atomic mass is 10.3. The Hall–Kier alpha value is -0.910. The summed E-state index contributed by atoms with van der Waals surface area (Å²) in [4.78, 5) is 51.4. The van der Waals surface area contributed by atoms with Crippen LogP contribution in [-0.4, -0.2) is 83.9 Å². The minimum Gasteiger partial charge on any atom is -0.376 e. The predicted molar refractivity (Wildman–Crippen MR) is 101 cm³/mol. The molecule has 28 heavy (non-hydrogen) atoms. The number of ether oxygens (including phenoxy) is 2. The van der Waals surface area contributed by atoms with Crippen LogP contribution in [0.3, 0.4) is 0 Å². The van der Waals surface area contributed by atoms with Gasteiger partial charge in [0.1, 0.15) is 0 Å². The molecular formula is C14H28N2O10P2. The van der Waals surface area contributed by atoms with E-state index in [1.54, 1.807) is 0 Å². The molecule has 0 heterocycles. The molecule has 0 spiro atoms. The number of hydroxylamine groups is 1. The monoisotopic (exact) mass is 446 g/mol. The highest BCUT2D eigenvalue weighted by Gasteiger charge is 2.13. The summed E-state index contributed by atoms with van der Waals surface area (Å²) in [7, 11) is -8.19. The van der Waals surface area contributed by atoms with E-state index in [9.17, 15) is 13.9 Å². The second-order valence-electron chi connectivity index (χ2n) is 5.67. The molecule has 12 nitrogen and oxygen atoms in total. The van der Waals surface area contributed by atoms with Gasteiger partial charge in [0.05, 0.1) is 45.4 Å². The number of amides is 1. The Morgan fingerprint density at radius 3 is 1.93 bits per heavy atom. The summed E-state index contributed by atoms with van der Waals surface area (Å²) >= 11 is 0.